The van der Waals surface area contributed by atoms with Crippen LogP contribution in [0.1, 0.15) is 25.5 Å². The first-order chi connectivity index (χ1) is 10.2. The second kappa shape index (κ2) is 5.54. The first-order valence-electron chi connectivity index (χ1n) is 7.05. The molecule has 1 fully saturated rings. The summed E-state index contributed by atoms with van der Waals surface area (Å²) in [7, 11) is 0. The normalized spacial score (nSPS) is 20.6. The molecule has 1 aliphatic carbocycles. The Morgan fingerprint density at radius 1 is 1.48 bits per heavy atom. The monoisotopic (exact) mass is 283 g/mol. The Hall–Kier alpha value is -2.39. The number of nitrogens with one attached hydrogen (secondary N) is 1. The average molecular weight is 283 g/mol. The van der Waals surface area contributed by atoms with Crippen molar-refractivity contribution in [3.63, 3.8) is 0 Å². The number of fused-ring (bicyclic) bond motifs is 1. The zero-order valence-corrected chi connectivity index (χ0v) is 11.8. The van der Waals surface area contributed by atoms with Crippen molar-refractivity contribution >= 4 is 16.6 Å². The van der Waals surface area contributed by atoms with E-state index >= 15 is 0 Å². The number of anilines is 1. The van der Waals surface area contributed by atoms with Crippen molar-refractivity contribution in [2.75, 3.05) is 11.9 Å². The summed E-state index contributed by atoms with van der Waals surface area (Å²) in [5.74, 6) is 1.26. The van der Waals surface area contributed by atoms with E-state index in [0.717, 1.165) is 29.4 Å². The molecule has 0 atom stereocenters. The zero-order chi connectivity index (χ0) is 14.8. The van der Waals surface area contributed by atoms with Crippen LogP contribution >= 0.6 is 0 Å². The summed E-state index contributed by atoms with van der Waals surface area (Å²) in [5.41, 5.74) is 6.12. The molecular formula is C15H17N5O. The molecule has 0 saturated heterocycles. The molecule has 2 aromatic heterocycles. The third kappa shape index (κ3) is 2.73. The van der Waals surface area contributed by atoms with Crippen LogP contribution in [0.5, 0.6) is 5.88 Å². The topological polar surface area (TPSA) is 96.8 Å². The van der Waals surface area contributed by atoms with Crippen LogP contribution in [0, 0.1) is 11.3 Å². The molecule has 2 aromatic rings. The molecule has 3 N–H and O–H groups in total. The Morgan fingerprint density at radius 3 is 2.95 bits per heavy atom. The molecule has 0 bridgehead atoms. The summed E-state index contributed by atoms with van der Waals surface area (Å²) >= 11 is 0. The molecule has 0 amide bonds. The molecule has 0 aliphatic heterocycles. The summed E-state index contributed by atoms with van der Waals surface area (Å²) in [6.45, 7) is 2.39. The molecule has 6 nitrogen and oxygen atoms in total. The van der Waals surface area contributed by atoms with E-state index in [9.17, 15) is 0 Å². The van der Waals surface area contributed by atoms with Crippen molar-refractivity contribution in [1.29, 1.82) is 5.26 Å². The number of aromatic nitrogens is 2. The molecular weight excluding hydrogens is 266 g/mol. The van der Waals surface area contributed by atoms with E-state index in [0.29, 0.717) is 30.3 Å². The quantitative estimate of drug-likeness (QED) is 0.888. The van der Waals surface area contributed by atoms with Gasteiger partial charge in [0.15, 0.2) is 0 Å². The van der Waals surface area contributed by atoms with Crippen LogP contribution in [0.4, 0.5) is 5.82 Å². The molecule has 1 saturated carbocycles. The van der Waals surface area contributed by atoms with Crippen molar-refractivity contribution in [3.05, 3.63) is 24.0 Å². The van der Waals surface area contributed by atoms with Gasteiger partial charge in [-0.3, -0.25) is 0 Å². The molecule has 1 aliphatic rings. The van der Waals surface area contributed by atoms with Gasteiger partial charge >= 0.3 is 0 Å². The lowest BCUT2D eigenvalue weighted by Crippen LogP contribution is -2.44. The van der Waals surface area contributed by atoms with E-state index in [1.54, 1.807) is 12.3 Å². The van der Waals surface area contributed by atoms with Gasteiger partial charge in [0.25, 0.3) is 0 Å². The highest BCUT2D eigenvalue weighted by Gasteiger charge is 2.25. The Morgan fingerprint density at radius 2 is 2.29 bits per heavy atom. The van der Waals surface area contributed by atoms with E-state index in [1.807, 2.05) is 19.1 Å². The third-order valence-electron chi connectivity index (χ3n) is 3.60. The van der Waals surface area contributed by atoms with Crippen LogP contribution in [-0.4, -0.2) is 28.7 Å². The van der Waals surface area contributed by atoms with Crippen molar-refractivity contribution in [1.82, 2.24) is 9.97 Å². The number of nitrogens with zero attached hydrogens (tertiary/aromatic N) is 3. The van der Waals surface area contributed by atoms with Gasteiger partial charge in [-0.25, -0.2) is 9.97 Å². The maximum absolute atomic E-state index is 9.01. The predicted octanol–water partition coefficient (Wildman–Crippen LogP) is 1.80. The van der Waals surface area contributed by atoms with Gasteiger partial charge in [-0.15, -0.1) is 0 Å². The smallest absolute Gasteiger partial charge is 0.222 e. The fourth-order valence-corrected chi connectivity index (χ4v) is 2.49. The second-order valence-electron chi connectivity index (χ2n) is 5.22. The maximum Gasteiger partial charge on any atom is 0.222 e. The van der Waals surface area contributed by atoms with E-state index in [2.05, 4.69) is 15.3 Å². The second-order valence-corrected chi connectivity index (χ2v) is 5.22. The molecule has 2 heterocycles. The van der Waals surface area contributed by atoms with E-state index in [1.165, 1.54) is 0 Å². The van der Waals surface area contributed by atoms with Crippen LogP contribution < -0.4 is 15.8 Å². The number of hydrogen-bond donors (Lipinski definition) is 2. The highest BCUT2D eigenvalue weighted by Crippen LogP contribution is 2.28. The highest BCUT2D eigenvalue weighted by molar-refractivity contribution is 5.89. The van der Waals surface area contributed by atoms with E-state index in [4.69, 9.17) is 15.7 Å². The first kappa shape index (κ1) is 13.6. The lowest BCUT2D eigenvalue weighted by molar-refractivity contribution is 0.331. The van der Waals surface area contributed by atoms with Crippen LogP contribution in [-0.2, 0) is 0 Å². The molecule has 0 spiro atoms. The van der Waals surface area contributed by atoms with Crippen molar-refractivity contribution < 1.29 is 4.74 Å². The van der Waals surface area contributed by atoms with E-state index < -0.39 is 0 Å². The third-order valence-corrected chi connectivity index (χ3v) is 3.60. The largest absolute Gasteiger partial charge is 0.477 e. The minimum absolute atomic E-state index is 0.293. The van der Waals surface area contributed by atoms with Gasteiger partial charge < -0.3 is 15.8 Å². The van der Waals surface area contributed by atoms with Crippen molar-refractivity contribution in [3.8, 4) is 11.9 Å². The van der Waals surface area contributed by atoms with Crippen molar-refractivity contribution in [2.45, 2.75) is 31.8 Å². The summed E-state index contributed by atoms with van der Waals surface area (Å²) in [6.07, 6.45) is 3.66. The molecule has 0 unspecified atom stereocenters. The molecule has 21 heavy (non-hydrogen) atoms. The van der Waals surface area contributed by atoms with Crippen LogP contribution in [0.15, 0.2) is 18.3 Å². The average Bonchev–Trinajstić information content (AvgIpc) is 2.46. The molecule has 108 valence electrons. The van der Waals surface area contributed by atoms with Gasteiger partial charge in [0, 0.05) is 29.1 Å². The van der Waals surface area contributed by atoms with Gasteiger partial charge in [-0.05, 0) is 31.9 Å². The minimum atomic E-state index is 0.293. The van der Waals surface area contributed by atoms with Crippen molar-refractivity contribution in [2.24, 2.45) is 5.73 Å². The number of nitriles is 1. The minimum Gasteiger partial charge on any atom is -0.477 e. The van der Waals surface area contributed by atoms with Gasteiger partial charge in [0.2, 0.25) is 5.88 Å². The fraction of sp³-hybridized carbons (Fsp3) is 0.400. The number of ether oxygens (including phenoxy) is 1. The fourth-order valence-electron chi connectivity index (χ4n) is 2.49. The highest BCUT2D eigenvalue weighted by atomic mass is 16.5. The lowest BCUT2D eigenvalue weighted by Gasteiger charge is -2.33. The van der Waals surface area contributed by atoms with Gasteiger partial charge in [0.1, 0.15) is 17.6 Å². The standard InChI is InChI=1S/C15H17N5O/c1-2-21-15-13-6-14(19-11-4-10(17)5-11)18-8-9(13)3-12(7-16)20-15/h3,6,8,10-11H,2,4-5,17H2,1H3,(H,18,19). The Bertz CT molecular complexity index is 703. The Kier molecular flexibility index (Phi) is 3.59. The summed E-state index contributed by atoms with van der Waals surface area (Å²) in [4.78, 5) is 8.60. The van der Waals surface area contributed by atoms with Gasteiger partial charge in [-0.2, -0.15) is 5.26 Å². The first-order valence-corrected chi connectivity index (χ1v) is 7.05. The molecule has 6 heteroatoms. The summed E-state index contributed by atoms with van der Waals surface area (Å²) in [6, 6.07) is 6.35. The molecule has 3 rings (SSSR count). The van der Waals surface area contributed by atoms with Crippen LogP contribution in [0.2, 0.25) is 0 Å². The van der Waals surface area contributed by atoms with Gasteiger partial charge in [-0.1, -0.05) is 0 Å². The number of hydrogen-bond acceptors (Lipinski definition) is 6. The van der Waals surface area contributed by atoms with E-state index in [-0.39, 0.29) is 0 Å². The lowest BCUT2D eigenvalue weighted by atomic mass is 9.88. The summed E-state index contributed by atoms with van der Waals surface area (Å²) in [5, 5.41) is 14.1. The number of rotatable bonds is 4. The van der Waals surface area contributed by atoms with Gasteiger partial charge in [0.05, 0.1) is 6.61 Å². The SMILES string of the molecule is CCOc1nc(C#N)cc2cnc(NC3CC(N)C3)cc12. The zero-order valence-electron chi connectivity index (χ0n) is 11.8. The summed E-state index contributed by atoms with van der Waals surface area (Å²) < 4.78 is 5.54. The molecule has 0 radical (unpaired) electrons. The Labute approximate surface area is 122 Å². The maximum atomic E-state index is 9.01. The Balaban J connectivity index is 1.95. The number of pyridine rings is 2. The van der Waals surface area contributed by atoms with Crippen LogP contribution in [0.3, 0.4) is 0 Å². The molecule has 0 aromatic carbocycles. The number of nitrogens with two attached hydrogens (primary N) is 1. The predicted molar refractivity (Wildman–Crippen MR) is 80.0 cm³/mol. The van der Waals surface area contributed by atoms with Crippen LogP contribution in [0.25, 0.3) is 10.8 Å².